The minimum absolute atomic E-state index is 0. The molecule has 0 radical (unpaired) electrons. The highest BCUT2D eigenvalue weighted by Gasteiger charge is 2.07. The topological polar surface area (TPSA) is 95.7 Å². The summed E-state index contributed by atoms with van der Waals surface area (Å²) in [7, 11) is 0. The van der Waals surface area contributed by atoms with Crippen molar-refractivity contribution in [3.8, 4) is 0 Å². The molecule has 30 heavy (non-hydrogen) atoms. The van der Waals surface area contributed by atoms with Gasteiger partial charge in [-0.3, -0.25) is 9.20 Å². The summed E-state index contributed by atoms with van der Waals surface area (Å²) in [5.41, 5.74) is 2.66. The number of pyridine rings is 1. The van der Waals surface area contributed by atoms with Crippen LogP contribution in [0.4, 0.5) is 5.69 Å². The third-order valence-corrected chi connectivity index (χ3v) is 4.31. The van der Waals surface area contributed by atoms with Gasteiger partial charge in [0.05, 0.1) is 13.1 Å². The minimum atomic E-state index is -0.0459. The Morgan fingerprint density at radius 1 is 1.10 bits per heavy atom. The molecular formula is C21H28IN7O. The van der Waals surface area contributed by atoms with Crippen LogP contribution >= 0.6 is 24.0 Å². The van der Waals surface area contributed by atoms with Gasteiger partial charge in [0.25, 0.3) is 0 Å². The first-order chi connectivity index (χ1) is 14.1. The first-order valence-electron chi connectivity index (χ1n) is 9.77. The van der Waals surface area contributed by atoms with E-state index in [1.54, 1.807) is 0 Å². The molecule has 3 N–H and O–H groups in total. The Morgan fingerprint density at radius 2 is 1.87 bits per heavy atom. The predicted octanol–water partition coefficient (Wildman–Crippen LogP) is 3.20. The fourth-order valence-corrected chi connectivity index (χ4v) is 2.67. The largest absolute Gasteiger partial charge is 0.357 e. The second-order valence-electron chi connectivity index (χ2n) is 6.93. The van der Waals surface area contributed by atoms with Crippen molar-refractivity contribution in [1.29, 1.82) is 0 Å². The third-order valence-electron chi connectivity index (χ3n) is 4.31. The third kappa shape index (κ3) is 6.41. The van der Waals surface area contributed by atoms with Crippen LogP contribution in [-0.2, 0) is 17.9 Å². The lowest BCUT2D eigenvalue weighted by atomic mass is 10.2. The van der Waals surface area contributed by atoms with Crippen LogP contribution < -0.4 is 16.0 Å². The molecule has 0 aliphatic carbocycles. The van der Waals surface area contributed by atoms with E-state index in [1.807, 2.05) is 73.8 Å². The van der Waals surface area contributed by atoms with Crippen LogP contribution in [0.25, 0.3) is 5.65 Å². The van der Waals surface area contributed by atoms with Crippen molar-refractivity contribution in [3.05, 3.63) is 60.0 Å². The monoisotopic (exact) mass is 521 g/mol. The maximum Gasteiger partial charge on any atom is 0.226 e. The van der Waals surface area contributed by atoms with Gasteiger partial charge < -0.3 is 16.0 Å². The van der Waals surface area contributed by atoms with E-state index in [9.17, 15) is 4.79 Å². The normalized spacial score (nSPS) is 11.3. The molecule has 9 heteroatoms. The minimum Gasteiger partial charge on any atom is -0.357 e. The lowest BCUT2D eigenvalue weighted by molar-refractivity contribution is -0.118. The summed E-state index contributed by atoms with van der Waals surface area (Å²) >= 11 is 0. The smallest absolute Gasteiger partial charge is 0.226 e. The quantitative estimate of drug-likeness (QED) is 0.252. The number of aromatic nitrogens is 3. The van der Waals surface area contributed by atoms with Gasteiger partial charge in [-0.05, 0) is 36.8 Å². The number of amides is 1. The Balaban J connectivity index is 0.00000320. The van der Waals surface area contributed by atoms with E-state index in [0.29, 0.717) is 19.0 Å². The molecule has 8 nitrogen and oxygen atoms in total. The molecule has 2 aromatic heterocycles. The SMILES string of the molecule is CCNC(=NCc1ccc(NC(=O)C(C)C)cc1)NCc1nnc2ccccn12.I. The Labute approximate surface area is 193 Å². The van der Waals surface area contributed by atoms with Gasteiger partial charge in [-0.2, -0.15) is 0 Å². The molecule has 0 fully saturated rings. The summed E-state index contributed by atoms with van der Waals surface area (Å²) in [5.74, 6) is 1.49. The maximum absolute atomic E-state index is 11.8. The molecule has 0 spiro atoms. The van der Waals surface area contributed by atoms with Crippen LogP contribution in [0.15, 0.2) is 53.7 Å². The Hall–Kier alpha value is -2.69. The van der Waals surface area contributed by atoms with Gasteiger partial charge in [-0.25, -0.2) is 4.99 Å². The molecule has 0 aliphatic heterocycles. The highest BCUT2D eigenvalue weighted by Crippen LogP contribution is 2.12. The number of anilines is 1. The predicted molar refractivity (Wildman–Crippen MR) is 130 cm³/mol. The number of nitrogens with one attached hydrogen (secondary N) is 3. The van der Waals surface area contributed by atoms with Crippen molar-refractivity contribution >= 4 is 47.2 Å². The summed E-state index contributed by atoms with van der Waals surface area (Å²) in [6.07, 6.45) is 1.94. The average molecular weight is 521 g/mol. The molecule has 1 aromatic carbocycles. The van der Waals surface area contributed by atoms with Gasteiger partial charge in [-0.15, -0.1) is 34.2 Å². The number of fused-ring (bicyclic) bond motifs is 1. The number of rotatable bonds is 7. The van der Waals surface area contributed by atoms with E-state index in [0.717, 1.165) is 29.3 Å². The zero-order chi connectivity index (χ0) is 20.6. The second kappa shape index (κ2) is 11.5. The van der Waals surface area contributed by atoms with Crippen LogP contribution in [-0.4, -0.2) is 33.0 Å². The summed E-state index contributed by atoms with van der Waals surface area (Å²) in [4.78, 5) is 16.4. The van der Waals surface area contributed by atoms with Gasteiger partial charge in [0, 0.05) is 24.3 Å². The van der Waals surface area contributed by atoms with E-state index in [-0.39, 0.29) is 35.8 Å². The first kappa shape index (κ1) is 23.6. The molecule has 160 valence electrons. The highest BCUT2D eigenvalue weighted by molar-refractivity contribution is 14.0. The highest BCUT2D eigenvalue weighted by atomic mass is 127. The number of halogens is 1. The molecule has 3 rings (SSSR count). The van der Waals surface area contributed by atoms with Gasteiger partial charge >= 0.3 is 0 Å². The van der Waals surface area contributed by atoms with E-state index in [4.69, 9.17) is 0 Å². The lowest BCUT2D eigenvalue weighted by Crippen LogP contribution is -2.37. The molecule has 0 aliphatic rings. The number of hydrogen-bond donors (Lipinski definition) is 3. The molecule has 0 saturated heterocycles. The number of carbonyl (C=O) groups is 1. The van der Waals surface area contributed by atoms with Crippen LogP contribution in [0.2, 0.25) is 0 Å². The van der Waals surface area contributed by atoms with Crippen LogP contribution in [0, 0.1) is 5.92 Å². The Kier molecular flexibility index (Phi) is 9.03. The summed E-state index contributed by atoms with van der Waals surface area (Å²) < 4.78 is 1.95. The Bertz CT molecular complexity index is 982. The number of benzene rings is 1. The summed E-state index contributed by atoms with van der Waals surface area (Å²) in [6.45, 7) is 7.56. The second-order valence-corrected chi connectivity index (χ2v) is 6.93. The van der Waals surface area contributed by atoms with E-state index in [1.165, 1.54) is 0 Å². The Morgan fingerprint density at radius 3 is 2.57 bits per heavy atom. The van der Waals surface area contributed by atoms with Crippen LogP contribution in [0.1, 0.15) is 32.2 Å². The fraction of sp³-hybridized carbons (Fsp3) is 0.333. The molecule has 2 heterocycles. The molecule has 0 bridgehead atoms. The van der Waals surface area contributed by atoms with Gasteiger partial charge in [0.2, 0.25) is 5.91 Å². The number of nitrogens with zero attached hydrogens (tertiary/aromatic N) is 4. The van der Waals surface area contributed by atoms with Crippen LogP contribution in [0.3, 0.4) is 0 Å². The van der Waals surface area contributed by atoms with Gasteiger partial charge in [0.1, 0.15) is 0 Å². The number of guanidine groups is 1. The average Bonchev–Trinajstić information content (AvgIpc) is 3.14. The molecular weight excluding hydrogens is 493 g/mol. The fourth-order valence-electron chi connectivity index (χ4n) is 2.67. The lowest BCUT2D eigenvalue weighted by Gasteiger charge is -2.11. The zero-order valence-corrected chi connectivity index (χ0v) is 19.8. The van der Waals surface area contributed by atoms with Crippen LogP contribution in [0.5, 0.6) is 0 Å². The molecule has 0 atom stereocenters. The molecule has 3 aromatic rings. The zero-order valence-electron chi connectivity index (χ0n) is 17.4. The van der Waals surface area contributed by atoms with E-state index in [2.05, 4.69) is 31.1 Å². The van der Waals surface area contributed by atoms with Gasteiger partial charge in [0.15, 0.2) is 17.4 Å². The van der Waals surface area contributed by atoms with Crippen molar-refractivity contribution in [1.82, 2.24) is 25.2 Å². The molecule has 0 saturated carbocycles. The van der Waals surface area contributed by atoms with Crippen molar-refractivity contribution < 1.29 is 4.79 Å². The summed E-state index contributed by atoms with van der Waals surface area (Å²) in [6, 6.07) is 13.5. The number of carbonyl (C=O) groups excluding carboxylic acids is 1. The number of aliphatic imine (C=N–C) groups is 1. The van der Waals surface area contributed by atoms with Crippen molar-refractivity contribution in [2.75, 3.05) is 11.9 Å². The van der Waals surface area contributed by atoms with Gasteiger partial charge in [-0.1, -0.05) is 32.0 Å². The van der Waals surface area contributed by atoms with E-state index >= 15 is 0 Å². The van der Waals surface area contributed by atoms with Crippen molar-refractivity contribution in [2.24, 2.45) is 10.9 Å². The number of hydrogen-bond acceptors (Lipinski definition) is 4. The standard InChI is InChI=1S/C21H27N7O.HI/c1-4-22-21(24-14-19-27-26-18-7-5-6-12-28(18)19)23-13-16-8-10-17(11-9-16)25-20(29)15(2)3;/h5-12,15H,4,13-14H2,1-3H3,(H,25,29)(H2,22,23,24);1H. The van der Waals surface area contributed by atoms with Crippen molar-refractivity contribution in [2.45, 2.75) is 33.9 Å². The maximum atomic E-state index is 11.8. The first-order valence-corrected chi connectivity index (χ1v) is 9.77. The van der Waals surface area contributed by atoms with Crippen molar-refractivity contribution in [3.63, 3.8) is 0 Å². The van der Waals surface area contributed by atoms with E-state index < -0.39 is 0 Å². The summed E-state index contributed by atoms with van der Waals surface area (Å²) in [5, 5.41) is 17.8. The molecule has 1 amide bonds. The molecule has 0 unspecified atom stereocenters.